The lowest BCUT2D eigenvalue weighted by molar-refractivity contribution is 0.333. The zero-order valence-corrected chi connectivity index (χ0v) is 10.5. The Labute approximate surface area is 103 Å². The lowest BCUT2D eigenvalue weighted by Gasteiger charge is -2.18. The van der Waals surface area contributed by atoms with Gasteiger partial charge in [0, 0.05) is 11.9 Å². The highest BCUT2D eigenvalue weighted by Crippen LogP contribution is 2.14. The summed E-state index contributed by atoms with van der Waals surface area (Å²) in [4.78, 5) is 2.49. The molecule has 0 radical (unpaired) electrons. The number of aryl methyl sites for hydroxylation is 1. The second-order valence-electron chi connectivity index (χ2n) is 4.63. The topological polar surface area (TPSA) is 3.24 Å². The summed E-state index contributed by atoms with van der Waals surface area (Å²) < 4.78 is 0. The molecule has 1 aromatic rings. The fourth-order valence-electron chi connectivity index (χ4n) is 2.30. The number of benzene rings is 1. The maximum Gasteiger partial charge on any atom is 0.0466 e. The smallest absolute Gasteiger partial charge is 0.0466 e. The summed E-state index contributed by atoms with van der Waals surface area (Å²) in [7, 11) is 0. The van der Waals surface area contributed by atoms with Crippen molar-refractivity contribution in [2.45, 2.75) is 31.1 Å². The average molecular weight is 238 g/mol. The zero-order chi connectivity index (χ0) is 11.2. The molecule has 1 saturated heterocycles. The summed E-state index contributed by atoms with van der Waals surface area (Å²) in [6, 6.07) is 10.6. The second-order valence-corrected chi connectivity index (χ2v) is 5.25. The molecule has 1 heterocycles. The maximum atomic E-state index is 6.37. The molecule has 0 aromatic heterocycles. The molecule has 88 valence electrons. The third-order valence-corrected chi connectivity index (χ3v) is 3.60. The predicted octanol–water partition coefficient (Wildman–Crippen LogP) is 3.32. The Morgan fingerprint density at radius 2 is 1.81 bits per heavy atom. The molecule has 2 heteroatoms. The standard InChI is InChI=1S/C14H20ClN/c15-14(12-16-10-4-5-11-16)9-8-13-6-2-1-3-7-13/h1-3,6-7,14H,4-5,8-12H2. The highest BCUT2D eigenvalue weighted by Gasteiger charge is 2.15. The van der Waals surface area contributed by atoms with Gasteiger partial charge in [0.2, 0.25) is 0 Å². The van der Waals surface area contributed by atoms with Crippen molar-refractivity contribution in [2.75, 3.05) is 19.6 Å². The molecule has 0 spiro atoms. The Hall–Kier alpha value is -0.530. The van der Waals surface area contributed by atoms with Crippen LogP contribution in [0.2, 0.25) is 0 Å². The maximum absolute atomic E-state index is 6.37. The zero-order valence-electron chi connectivity index (χ0n) is 9.74. The molecule has 1 fully saturated rings. The van der Waals surface area contributed by atoms with Crippen molar-refractivity contribution in [2.24, 2.45) is 0 Å². The van der Waals surface area contributed by atoms with E-state index in [2.05, 4.69) is 35.2 Å². The molecule has 1 aromatic carbocycles. The van der Waals surface area contributed by atoms with Crippen LogP contribution in [-0.4, -0.2) is 29.9 Å². The van der Waals surface area contributed by atoms with Gasteiger partial charge in [-0.1, -0.05) is 30.3 Å². The molecule has 1 nitrogen and oxygen atoms in total. The Bertz CT molecular complexity index is 293. The summed E-state index contributed by atoms with van der Waals surface area (Å²) in [5.74, 6) is 0. The minimum atomic E-state index is 0.304. The SMILES string of the molecule is ClC(CCc1ccccc1)CN1CCCC1. The molecule has 1 aliphatic rings. The Morgan fingerprint density at radius 3 is 2.50 bits per heavy atom. The van der Waals surface area contributed by atoms with E-state index in [1.54, 1.807) is 0 Å². The number of likely N-dealkylation sites (tertiary alicyclic amines) is 1. The molecule has 0 amide bonds. The van der Waals surface area contributed by atoms with Gasteiger partial charge in [0.25, 0.3) is 0 Å². The molecule has 0 saturated carbocycles. The summed E-state index contributed by atoms with van der Waals surface area (Å²) in [6.07, 6.45) is 4.88. The number of halogens is 1. The van der Waals surface area contributed by atoms with Crippen LogP contribution in [0.15, 0.2) is 30.3 Å². The molecule has 0 bridgehead atoms. The van der Waals surface area contributed by atoms with Crippen molar-refractivity contribution < 1.29 is 0 Å². The van der Waals surface area contributed by atoms with Gasteiger partial charge >= 0.3 is 0 Å². The lowest BCUT2D eigenvalue weighted by Crippen LogP contribution is -2.27. The first-order valence-electron chi connectivity index (χ1n) is 6.25. The molecule has 0 N–H and O–H groups in total. The van der Waals surface area contributed by atoms with Crippen molar-refractivity contribution in [3.8, 4) is 0 Å². The average Bonchev–Trinajstić information content (AvgIpc) is 2.81. The van der Waals surface area contributed by atoms with E-state index >= 15 is 0 Å². The van der Waals surface area contributed by atoms with Crippen LogP contribution in [0.5, 0.6) is 0 Å². The monoisotopic (exact) mass is 237 g/mol. The highest BCUT2D eigenvalue weighted by molar-refractivity contribution is 6.20. The summed E-state index contributed by atoms with van der Waals surface area (Å²) in [5, 5.41) is 0.304. The molecule has 1 atom stereocenters. The molecule has 16 heavy (non-hydrogen) atoms. The number of nitrogens with zero attached hydrogens (tertiary/aromatic N) is 1. The van der Waals surface area contributed by atoms with Crippen molar-refractivity contribution in [1.82, 2.24) is 4.90 Å². The summed E-state index contributed by atoms with van der Waals surface area (Å²) in [5.41, 5.74) is 1.40. The second kappa shape index (κ2) is 6.27. The number of hydrogen-bond donors (Lipinski definition) is 0. The van der Waals surface area contributed by atoms with Crippen LogP contribution in [0.1, 0.15) is 24.8 Å². The summed E-state index contributed by atoms with van der Waals surface area (Å²) >= 11 is 6.37. The molecule has 2 rings (SSSR count). The number of rotatable bonds is 5. The Morgan fingerprint density at radius 1 is 1.12 bits per heavy atom. The van der Waals surface area contributed by atoms with E-state index < -0.39 is 0 Å². The lowest BCUT2D eigenvalue weighted by atomic mass is 10.1. The van der Waals surface area contributed by atoms with Gasteiger partial charge < -0.3 is 4.90 Å². The van der Waals surface area contributed by atoms with Crippen LogP contribution in [0.25, 0.3) is 0 Å². The third kappa shape index (κ3) is 3.80. The van der Waals surface area contributed by atoms with Crippen LogP contribution in [0.3, 0.4) is 0 Å². The van der Waals surface area contributed by atoms with Crippen molar-refractivity contribution in [3.63, 3.8) is 0 Å². The molecule has 0 aliphatic carbocycles. The molecule has 1 aliphatic heterocycles. The first-order chi connectivity index (χ1) is 7.84. The van der Waals surface area contributed by atoms with Crippen LogP contribution < -0.4 is 0 Å². The number of alkyl halides is 1. The Kier molecular flexibility index (Phi) is 4.68. The van der Waals surface area contributed by atoms with E-state index in [-0.39, 0.29) is 0 Å². The van der Waals surface area contributed by atoms with Gasteiger partial charge in [0.1, 0.15) is 0 Å². The minimum absolute atomic E-state index is 0.304. The van der Waals surface area contributed by atoms with Gasteiger partial charge in [0.05, 0.1) is 0 Å². The van der Waals surface area contributed by atoms with Crippen LogP contribution in [0.4, 0.5) is 0 Å². The van der Waals surface area contributed by atoms with E-state index in [4.69, 9.17) is 11.6 Å². The van der Waals surface area contributed by atoms with Crippen molar-refractivity contribution >= 4 is 11.6 Å². The molecule has 1 unspecified atom stereocenters. The third-order valence-electron chi connectivity index (χ3n) is 3.24. The summed E-state index contributed by atoms with van der Waals surface area (Å²) in [6.45, 7) is 3.55. The van der Waals surface area contributed by atoms with Gasteiger partial charge in [-0.3, -0.25) is 0 Å². The number of hydrogen-bond acceptors (Lipinski definition) is 1. The highest BCUT2D eigenvalue weighted by atomic mass is 35.5. The Balaban J connectivity index is 1.69. The van der Waals surface area contributed by atoms with Crippen LogP contribution >= 0.6 is 11.6 Å². The van der Waals surface area contributed by atoms with E-state index in [9.17, 15) is 0 Å². The first-order valence-corrected chi connectivity index (χ1v) is 6.68. The van der Waals surface area contributed by atoms with Crippen LogP contribution in [0, 0.1) is 0 Å². The van der Waals surface area contributed by atoms with Gasteiger partial charge in [-0.15, -0.1) is 11.6 Å². The molecular formula is C14H20ClN. The minimum Gasteiger partial charge on any atom is -0.302 e. The predicted molar refractivity (Wildman–Crippen MR) is 70.1 cm³/mol. The fourth-order valence-corrected chi connectivity index (χ4v) is 2.61. The fraction of sp³-hybridized carbons (Fsp3) is 0.571. The van der Waals surface area contributed by atoms with Crippen molar-refractivity contribution in [3.05, 3.63) is 35.9 Å². The van der Waals surface area contributed by atoms with Gasteiger partial charge in [-0.2, -0.15) is 0 Å². The van der Waals surface area contributed by atoms with E-state index in [1.807, 2.05) is 0 Å². The largest absolute Gasteiger partial charge is 0.302 e. The quantitative estimate of drug-likeness (QED) is 0.711. The van der Waals surface area contributed by atoms with E-state index in [0.717, 1.165) is 19.4 Å². The molecular weight excluding hydrogens is 218 g/mol. The normalized spacial score (nSPS) is 18.8. The van der Waals surface area contributed by atoms with E-state index in [1.165, 1.54) is 31.5 Å². The van der Waals surface area contributed by atoms with Crippen LogP contribution in [-0.2, 0) is 6.42 Å². The van der Waals surface area contributed by atoms with Gasteiger partial charge in [-0.25, -0.2) is 0 Å². The van der Waals surface area contributed by atoms with Gasteiger partial charge in [-0.05, 0) is 44.3 Å². The van der Waals surface area contributed by atoms with E-state index in [0.29, 0.717) is 5.38 Å². The van der Waals surface area contributed by atoms with Crippen molar-refractivity contribution in [1.29, 1.82) is 0 Å². The first kappa shape index (κ1) is 11.9. The van der Waals surface area contributed by atoms with Gasteiger partial charge in [0.15, 0.2) is 0 Å².